The minimum absolute atomic E-state index is 0.0899. The van der Waals surface area contributed by atoms with Crippen molar-refractivity contribution in [2.45, 2.75) is 0 Å². The number of halogens is 1. The molecule has 3 rings (SSSR count). The first kappa shape index (κ1) is 15.1. The molecule has 0 unspecified atom stereocenters. The monoisotopic (exact) mass is 324 g/mol. The fourth-order valence-corrected chi connectivity index (χ4v) is 2.40. The van der Waals surface area contributed by atoms with Gasteiger partial charge in [0.05, 0.1) is 5.69 Å². The fraction of sp³-hybridized carbons (Fsp3) is 0. The van der Waals surface area contributed by atoms with Gasteiger partial charge in [-0.25, -0.2) is 5.01 Å². The maximum Gasteiger partial charge on any atom is 0.282 e. The molecule has 0 radical (unpaired) electrons. The number of para-hydroxylation sites is 1. The van der Waals surface area contributed by atoms with Crippen LogP contribution in [-0.4, -0.2) is 11.8 Å². The maximum atomic E-state index is 12.3. The highest BCUT2D eigenvalue weighted by atomic mass is 35.5. The Kier molecular flexibility index (Phi) is 4.26. The number of hydrogen-bond acceptors (Lipinski definition) is 2. The molecule has 23 heavy (non-hydrogen) atoms. The Morgan fingerprint density at radius 3 is 2.52 bits per heavy atom. The number of nitrogens with zero attached hydrogens (tertiary/aromatic N) is 1. The molecule has 1 heterocycles. The van der Waals surface area contributed by atoms with Crippen molar-refractivity contribution in [1.29, 1.82) is 0 Å². The van der Waals surface area contributed by atoms with E-state index in [9.17, 15) is 9.59 Å². The van der Waals surface area contributed by atoms with Crippen molar-refractivity contribution in [3.8, 4) is 0 Å². The van der Waals surface area contributed by atoms with Crippen molar-refractivity contribution < 1.29 is 9.59 Å². The molecule has 0 spiro atoms. The molecule has 1 saturated heterocycles. The molecule has 2 amide bonds. The van der Waals surface area contributed by atoms with Crippen LogP contribution in [0.1, 0.15) is 5.56 Å². The number of nitrogens with one attached hydrogen (secondary N) is 1. The third-order valence-corrected chi connectivity index (χ3v) is 3.54. The number of amides is 2. The Bertz CT molecular complexity index is 813. The summed E-state index contributed by atoms with van der Waals surface area (Å²) in [6.07, 6.45) is 4.94. The third kappa shape index (κ3) is 3.33. The summed E-state index contributed by atoms with van der Waals surface area (Å²) >= 11 is 5.91. The van der Waals surface area contributed by atoms with Gasteiger partial charge in [0.25, 0.3) is 11.8 Å². The summed E-state index contributed by atoms with van der Waals surface area (Å²) < 4.78 is 0. The quantitative estimate of drug-likeness (QED) is 0.695. The number of hydrogen-bond donors (Lipinski definition) is 1. The molecular weight excluding hydrogens is 312 g/mol. The Labute approximate surface area is 138 Å². The van der Waals surface area contributed by atoms with Crippen LogP contribution in [0.5, 0.6) is 0 Å². The van der Waals surface area contributed by atoms with Crippen LogP contribution in [0.4, 0.5) is 5.69 Å². The normalized spacial score (nSPS) is 16.4. The highest BCUT2D eigenvalue weighted by molar-refractivity contribution is 6.30. The number of allylic oxidation sites excluding steroid dienone is 2. The first-order valence-electron chi connectivity index (χ1n) is 6.99. The van der Waals surface area contributed by atoms with E-state index in [0.29, 0.717) is 10.7 Å². The number of hydrazine groups is 1. The first-order chi connectivity index (χ1) is 11.1. The molecule has 2 aromatic carbocycles. The zero-order chi connectivity index (χ0) is 16.2. The van der Waals surface area contributed by atoms with Crippen molar-refractivity contribution in [3.05, 3.63) is 82.9 Å². The molecular formula is C18H13ClN2O2. The van der Waals surface area contributed by atoms with Gasteiger partial charge in [-0.3, -0.25) is 15.0 Å². The van der Waals surface area contributed by atoms with Gasteiger partial charge in [0.2, 0.25) is 0 Å². The summed E-state index contributed by atoms with van der Waals surface area (Å²) in [5.41, 5.74) is 4.15. The SMILES string of the molecule is O=C1NN(c2ccccc2)C(=O)C1=CC=Cc1cccc(Cl)c1. The Balaban J connectivity index is 1.80. The molecule has 2 aromatic rings. The standard InChI is InChI=1S/C18H13ClN2O2/c19-14-8-4-6-13(12-14)7-5-11-16-17(22)20-21(18(16)23)15-9-2-1-3-10-15/h1-12H,(H,20,22). The van der Waals surface area contributed by atoms with Gasteiger partial charge in [-0.1, -0.05) is 54.1 Å². The lowest BCUT2D eigenvalue weighted by Crippen LogP contribution is -2.35. The van der Waals surface area contributed by atoms with Gasteiger partial charge in [0.15, 0.2) is 0 Å². The van der Waals surface area contributed by atoms with Crippen molar-refractivity contribution >= 4 is 35.2 Å². The number of rotatable bonds is 3. The molecule has 1 N–H and O–H groups in total. The molecule has 114 valence electrons. The summed E-state index contributed by atoms with van der Waals surface area (Å²) in [7, 11) is 0. The van der Waals surface area contributed by atoms with Crippen LogP contribution in [0.25, 0.3) is 6.08 Å². The lowest BCUT2D eigenvalue weighted by atomic mass is 10.2. The minimum Gasteiger partial charge on any atom is -0.267 e. The van der Waals surface area contributed by atoms with Crippen LogP contribution < -0.4 is 10.4 Å². The maximum absolute atomic E-state index is 12.3. The van der Waals surface area contributed by atoms with Gasteiger partial charge < -0.3 is 0 Å². The van der Waals surface area contributed by atoms with E-state index in [0.717, 1.165) is 5.56 Å². The Morgan fingerprint density at radius 2 is 1.78 bits per heavy atom. The highest BCUT2D eigenvalue weighted by Gasteiger charge is 2.33. The second-order valence-electron chi connectivity index (χ2n) is 4.91. The van der Waals surface area contributed by atoms with Crippen molar-refractivity contribution in [3.63, 3.8) is 0 Å². The lowest BCUT2D eigenvalue weighted by Gasteiger charge is -2.13. The molecule has 0 saturated carbocycles. The van der Waals surface area contributed by atoms with Crippen LogP contribution in [0.2, 0.25) is 5.02 Å². The van der Waals surface area contributed by atoms with E-state index in [1.165, 1.54) is 11.1 Å². The molecule has 0 bridgehead atoms. The molecule has 0 aliphatic carbocycles. The Morgan fingerprint density at radius 1 is 1.00 bits per heavy atom. The highest BCUT2D eigenvalue weighted by Crippen LogP contribution is 2.19. The van der Waals surface area contributed by atoms with Gasteiger partial charge in [-0.15, -0.1) is 0 Å². The van der Waals surface area contributed by atoms with E-state index in [2.05, 4.69) is 5.43 Å². The smallest absolute Gasteiger partial charge is 0.267 e. The average molecular weight is 325 g/mol. The molecule has 0 aromatic heterocycles. The van der Waals surface area contributed by atoms with E-state index in [-0.39, 0.29) is 11.5 Å². The first-order valence-corrected chi connectivity index (χ1v) is 7.37. The predicted octanol–water partition coefficient (Wildman–Crippen LogP) is 3.36. The summed E-state index contributed by atoms with van der Waals surface area (Å²) in [6.45, 7) is 0. The molecule has 5 heteroatoms. The summed E-state index contributed by atoms with van der Waals surface area (Å²) in [4.78, 5) is 24.3. The molecule has 0 atom stereocenters. The second-order valence-corrected chi connectivity index (χ2v) is 5.35. The Hall–Kier alpha value is -2.85. The van der Waals surface area contributed by atoms with Crippen LogP contribution >= 0.6 is 11.6 Å². The van der Waals surface area contributed by atoms with Crippen molar-refractivity contribution in [2.24, 2.45) is 0 Å². The molecule has 1 aliphatic rings. The number of anilines is 1. The third-order valence-electron chi connectivity index (χ3n) is 3.31. The molecule has 1 aliphatic heterocycles. The minimum atomic E-state index is -0.422. The van der Waals surface area contributed by atoms with E-state index in [4.69, 9.17) is 11.6 Å². The average Bonchev–Trinajstić information content (AvgIpc) is 2.84. The van der Waals surface area contributed by atoms with E-state index in [1.54, 1.807) is 48.6 Å². The van der Waals surface area contributed by atoms with Gasteiger partial charge in [0, 0.05) is 5.02 Å². The van der Waals surface area contributed by atoms with Crippen molar-refractivity contribution in [1.82, 2.24) is 5.43 Å². The van der Waals surface area contributed by atoms with E-state index in [1.807, 2.05) is 18.2 Å². The lowest BCUT2D eigenvalue weighted by molar-refractivity contribution is -0.117. The summed E-state index contributed by atoms with van der Waals surface area (Å²) in [5.74, 6) is -0.799. The number of benzene rings is 2. The summed E-state index contributed by atoms with van der Waals surface area (Å²) in [5, 5.41) is 1.87. The van der Waals surface area contributed by atoms with E-state index >= 15 is 0 Å². The zero-order valence-electron chi connectivity index (χ0n) is 12.1. The van der Waals surface area contributed by atoms with Gasteiger partial charge >= 0.3 is 0 Å². The van der Waals surface area contributed by atoms with Crippen LogP contribution in [0.15, 0.2) is 72.3 Å². The molecule has 4 nitrogen and oxygen atoms in total. The second kappa shape index (κ2) is 6.50. The molecule has 1 fully saturated rings. The largest absolute Gasteiger partial charge is 0.282 e. The van der Waals surface area contributed by atoms with Gasteiger partial charge in [-0.2, -0.15) is 0 Å². The van der Waals surface area contributed by atoms with Crippen LogP contribution in [0.3, 0.4) is 0 Å². The van der Waals surface area contributed by atoms with Crippen molar-refractivity contribution in [2.75, 3.05) is 5.01 Å². The summed E-state index contributed by atoms with van der Waals surface area (Å²) in [6, 6.07) is 16.2. The number of carbonyl (C=O) groups excluding carboxylic acids is 2. The van der Waals surface area contributed by atoms with E-state index < -0.39 is 5.91 Å². The topological polar surface area (TPSA) is 49.4 Å². The van der Waals surface area contributed by atoms with Crippen LogP contribution in [-0.2, 0) is 9.59 Å². The fourth-order valence-electron chi connectivity index (χ4n) is 2.20. The zero-order valence-corrected chi connectivity index (χ0v) is 12.8. The predicted molar refractivity (Wildman–Crippen MR) is 90.6 cm³/mol. The van der Waals surface area contributed by atoms with Gasteiger partial charge in [0.1, 0.15) is 5.57 Å². The number of carbonyl (C=O) groups is 2. The van der Waals surface area contributed by atoms with Crippen LogP contribution in [0, 0.1) is 0 Å². The van der Waals surface area contributed by atoms with Gasteiger partial charge in [-0.05, 0) is 35.9 Å².